The van der Waals surface area contributed by atoms with Crippen LogP contribution in [0.15, 0.2) is 18.2 Å². The highest BCUT2D eigenvalue weighted by Crippen LogP contribution is 2.27. The molecule has 0 radical (unpaired) electrons. The molecule has 1 atom stereocenters. The van der Waals surface area contributed by atoms with Gasteiger partial charge in [0.25, 0.3) is 0 Å². The molecule has 1 N–H and O–H groups in total. The van der Waals surface area contributed by atoms with Crippen molar-refractivity contribution in [1.82, 2.24) is 10.2 Å². The van der Waals surface area contributed by atoms with Crippen LogP contribution in [0.4, 0.5) is 0 Å². The molecule has 1 aliphatic rings. The SMILES string of the molecule is CNCC1CCN(C(=O)CCOc2ccc(C)cc2OC)C1. The zero-order chi connectivity index (χ0) is 15.9. The molecule has 0 spiro atoms. The van der Waals surface area contributed by atoms with Crippen LogP contribution < -0.4 is 14.8 Å². The van der Waals surface area contributed by atoms with Gasteiger partial charge in [0.1, 0.15) is 0 Å². The Hall–Kier alpha value is -1.75. The van der Waals surface area contributed by atoms with Crippen LogP contribution in [0.3, 0.4) is 0 Å². The summed E-state index contributed by atoms with van der Waals surface area (Å²) in [6.45, 7) is 5.07. The predicted octanol–water partition coefficient (Wildman–Crippen LogP) is 1.84. The lowest BCUT2D eigenvalue weighted by Gasteiger charge is -2.17. The van der Waals surface area contributed by atoms with Crippen LogP contribution in [0.2, 0.25) is 0 Å². The molecule has 1 heterocycles. The van der Waals surface area contributed by atoms with Gasteiger partial charge >= 0.3 is 0 Å². The lowest BCUT2D eigenvalue weighted by Crippen LogP contribution is -2.31. The molecule has 5 nitrogen and oxygen atoms in total. The summed E-state index contributed by atoms with van der Waals surface area (Å²) in [7, 11) is 3.58. The normalized spacial score (nSPS) is 17.6. The van der Waals surface area contributed by atoms with Crippen molar-refractivity contribution in [3.8, 4) is 11.5 Å². The lowest BCUT2D eigenvalue weighted by molar-refractivity contribution is -0.130. The van der Waals surface area contributed by atoms with E-state index in [1.54, 1.807) is 7.11 Å². The molecule has 1 saturated heterocycles. The standard InChI is InChI=1S/C17H26N2O3/c1-13-4-5-15(16(10-13)21-3)22-9-7-17(20)19-8-6-14(12-19)11-18-2/h4-5,10,14,18H,6-9,11-12H2,1-3H3. The van der Waals surface area contributed by atoms with Crippen LogP contribution in [-0.2, 0) is 4.79 Å². The first-order valence-corrected chi connectivity index (χ1v) is 7.84. The Labute approximate surface area is 132 Å². The maximum Gasteiger partial charge on any atom is 0.226 e. The van der Waals surface area contributed by atoms with Crippen molar-refractivity contribution in [2.24, 2.45) is 5.92 Å². The Morgan fingerprint density at radius 2 is 2.23 bits per heavy atom. The highest BCUT2D eigenvalue weighted by atomic mass is 16.5. The summed E-state index contributed by atoms with van der Waals surface area (Å²) in [5.41, 5.74) is 1.12. The second kappa shape index (κ2) is 8.03. The number of likely N-dealkylation sites (tertiary alicyclic amines) is 1. The fourth-order valence-corrected chi connectivity index (χ4v) is 2.81. The van der Waals surface area contributed by atoms with E-state index in [0.29, 0.717) is 30.4 Å². The van der Waals surface area contributed by atoms with Crippen LogP contribution in [0.1, 0.15) is 18.4 Å². The number of methoxy groups -OCH3 is 1. The van der Waals surface area contributed by atoms with Gasteiger partial charge in [-0.1, -0.05) is 6.07 Å². The number of hydrogen-bond acceptors (Lipinski definition) is 4. The van der Waals surface area contributed by atoms with E-state index >= 15 is 0 Å². The van der Waals surface area contributed by atoms with Gasteiger partial charge in [-0.25, -0.2) is 0 Å². The number of aryl methyl sites for hydroxylation is 1. The third kappa shape index (κ3) is 4.37. The summed E-state index contributed by atoms with van der Waals surface area (Å²) >= 11 is 0. The Morgan fingerprint density at radius 3 is 2.95 bits per heavy atom. The number of nitrogens with one attached hydrogen (secondary N) is 1. The van der Waals surface area contributed by atoms with E-state index < -0.39 is 0 Å². The number of ether oxygens (including phenoxy) is 2. The number of carbonyl (C=O) groups excluding carboxylic acids is 1. The first kappa shape index (κ1) is 16.6. The van der Waals surface area contributed by atoms with Crippen molar-refractivity contribution in [1.29, 1.82) is 0 Å². The van der Waals surface area contributed by atoms with Crippen LogP contribution >= 0.6 is 0 Å². The Morgan fingerprint density at radius 1 is 1.41 bits per heavy atom. The molecule has 0 saturated carbocycles. The Kier molecular flexibility index (Phi) is 6.07. The molecule has 1 aromatic rings. The second-order valence-corrected chi connectivity index (χ2v) is 5.80. The summed E-state index contributed by atoms with van der Waals surface area (Å²) in [6, 6.07) is 5.79. The molecule has 1 amide bonds. The van der Waals surface area contributed by atoms with E-state index in [1.165, 1.54) is 0 Å². The molecule has 1 fully saturated rings. The third-order valence-corrected chi connectivity index (χ3v) is 4.02. The van der Waals surface area contributed by atoms with E-state index in [9.17, 15) is 4.79 Å². The average Bonchev–Trinajstić information content (AvgIpc) is 2.97. The molecule has 122 valence electrons. The smallest absolute Gasteiger partial charge is 0.226 e. The van der Waals surface area contributed by atoms with Crippen LogP contribution in [-0.4, -0.2) is 51.2 Å². The van der Waals surface area contributed by atoms with E-state index in [1.807, 2.05) is 37.1 Å². The van der Waals surface area contributed by atoms with E-state index in [2.05, 4.69) is 5.32 Å². The first-order chi connectivity index (χ1) is 10.6. The van der Waals surface area contributed by atoms with Gasteiger partial charge in [0.05, 0.1) is 20.1 Å². The van der Waals surface area contributed by atoms with Gasteiger partial charge in [-0.15, -0.1) is 0 Å². The van der Waals surface area contributed by atoms with Crippen molar-refractivity contribution >= 4 is 5.91 Å². The minimum absolute atomic E-state index is 0.171. The summed E-state index contributed by atoms with van der Waals surface area (Å²) in [4.78, 5) is 14.1. The van der Waals surface area contributed by atoms with Gasteiger partial charge in [0.2, 0.25) is 5.91 Å². The summed E-state index contributed by atoms with van der Waals surface area (Å²) in [5.74, 6) is 2.15. The summed E-state index contributed by atoms with van der Waals surface area (Å²) < 4.78 is 11.0. The Bertz CT molecular complexity index is 505. The van der Waals surface area contributed by atoms with Crippen molar-refractivity contribution in [2.75, 3.05) is 40.4 Å². The largest absolute Gasteiger partial charge is 0.493 e. The van der Waals surface area contributed by atoms with E-state index in [4.69, 9.17) is 9.47 Å². The topological polar surface area (TPSA) is 50.8 Å². The summed E-state index contributed by atoms with van der Waals surface area (Å²) in [5, 5.41) is 3.17. The Balaban J connectivity index is 1.78. The minimum Gasteiger partial charge on any atom is -0.493 e. The number of rotatable bonds is 7. The molecular formula is C17H26N2O3. The highest BCUT2D eigenvalue weighted by Gasteiger charge is 2.25. The lowest BCUT2D eigenvalue weighted by atomic mass is 10.1. The molecule has 0 aromatic heterocycles. The highest BCUT2D eigenvalue weighted by molar-refractivity contribution is 5.76. The van der Waals surface area contributed by atoms with Crippen molar-refractivity contribution in [3.05, 3.63) is 23.8 Å². The molecule has 5 heteroatoms. The zero-order valence-corrected chi connectivity index (χ0v) is 13.7. The monoisotopic (exact) mass is 306 g/mol. The van der Waals surface area contributed by atoms with Crippen LogP contribution in [0, 0.1) is 12.8 Å². The fraction of sp³-hybridized carbons (Fsp3) is 0.588. The number of benzene rings is 1. The van der Waals surface area contributed by atoms with Gasteiger partial charge in [-0.05, 0) is 50.6 Å². The van der Waals surface area contributed by atoms with Gasteiger partial charge < -0.3 is 19.7 Å². The molecule has 0 bridgehead atoms. The molecule has 1 aromatic carbocycles. The second-order valence-electron chi connectivity index (χ2n) is 5.80. The molecule has 1 unspecified atom stereocenters. The molecule has 2 rings (SSSR count). The van der Waals surface area contributed by atoms with Crippen molar-refractivity contribution in [3.63, 3.8) is 0 Å². The van der Waals surface area contributed by atoms with Crippen molar-refractivity contribution < 1.29 is 14.3 Å². The van der Waals surface area contributed by atoms with Gasteiger partial charge in [0.15, 0.2) is 11.5 Å². The number of hydrogen-bond donors (Lipinski definition) is 1. The van der Waals surface area contributed by atoms with E-state index in [-0.39, 0.29) is 5.91 Å². The molecule has 0 aliphatic carbocycles. The third-order valence-electron chi connectivity index (χ3n) is 4.02. The van der Waals surface area contributed by atoms with Crippen molar-refractivity contribution in [2.45, 2.75) is 19.8 Å². The minimum atomic E-state index is 0.171. The number of carbonyl (C=O) groups is 1. The maximum atomic E-state index is 12.2. The number of amides is 1. The zero-order valence-electron chi connectivity index (χ0n) is 13.7. The van der Waals surface area contributed by atoms with Gasteiger partial charge in [0, 0.05) is 13.1 Å². The average molecular weight is 306 g/mol. The maximum absolute atomic E-state index is 12.2. The fourth-order valence-electron chi connectivity index (χ4n) is 2.81. The molecule has 1 aliphatic heterocycles. The van der Waals surface area contributed by atoms with E-state index in [0.717, 1.165) is 31.6 Å². The van der Waals surface area contributed by atoms with Gasteiger partial charge in [-0.3, -0.25) is 4.79 Å². The van der Waals surface area contributed by atoms with Crippen LogP contribution in [0.25, 0.3) is 0 Å². The summed E-state index contributed by atoms with van der Waals surface area (Å²) in [6.07, 6.45) is 1.49. The first-order valence-electron chi connectivity index (χ1n) is 7.84. The quantitative estimate of drug-likeness (QED) is 0.835. The molecule has 22 heavy (non-hydrogen) atoms. The molecular weight excluding hydrogens is 280 g/mol. The van der Waals surface area contributed by atoms with Crippen LogP contribution in [0.5, 0.6) is 11.5 Å². The van der Waals surface area contributed by atoms with Gasteiger partial charge in [-0.2, -0.15) is 0 Å². The number of nitrogens with zero attached hydrogens (tertiary/aromatic N) is 1. The predicted molar refractivity (Wildman–Crippen MR) is 86.5 cm³/mol.